The molecule has 0 bridgehead atoms. The molecule has 104 valence electrons. The smallest absolute Gasteiger partial charge is 0.340 e. The van der Waals surface area contributed by atoms with Crippen LogP contribution in [0.3, 0.4) is 0 Å². The number of hydrogen-bond donors (Lipinski definition) is 2. The molecule has 0 aliphatic heterocycles. The van der Waals surface area contributed by atoms with Crippen molar-refractivity contribution in [3.63, 3.8) is 0 Å². The van der Waals surface area contributed by atoms with Crippen molar-refractivity contribution >= 4 is 17.6 Å². The molecule has 0 saturated carbocycles. The van der Waals surface area contributed by atoms with Gasteiger partial charge in [0.15, 0.2) is 0 Å². The van der Waals surface area contributed by atoms with Crippen LogP contribution in [0.4, 0.5) is 5.69 Å². The van der Waals surface area contributed by atoms with Gasteiger partial charge in [0.05, 0.1) is 17.9 Å². The van der Waals surface area contributed by atoms with E-state index in [4.69, 9.17) is 10.5 Å². The van der Waals surface area contributed by atoms with Crippen molar-refractivity contribution in [2.75, 3.05) is 18.5 Å². The highest BCUT2D eigenvalue weighted by Gasteiger charge is 2.14. The lowest BCUT2D eigenvalue weighted by Gasteiger charge is -2.12. The molecule has 1 unspecified atom stereocenters. The predicted molar refractivity (Wildman–Crippen MR) is 73.9 cm³/mol. The van der Waals surface area contributed by atoms with E-state index in [-0.39, 0.29) is 11.8 Å². The van der Waals surface area contributed by atoms with E-state index in [1.807, 2.05) is 6.92 Å². The van der Waals surface area contributed by atoms with Crippen LogP contribution in [0.15, 0.2) is 24.3 Å². The number of nitrogens with one attached hydrogen (secondary N) is 1. The van der Waals surface area contributed by atoms with E-state index in [0.717, 1.165) is 0 Å². The van der Waals surface area contributed by atoms with E-state index in [1.165, 1.54) is 0 Å². The third-order valence-electron chi connectivity index (χ3n) is 2.63. The number of anilines is 1. The average molecular weight is 264 g/mol. The molecular weight excluding hydrogens is 244 g/mol. The molecule has 1 aromatic rings. The molecule has 0 spiro atoms. The standard InChI is InChI=1S/C14H20N2O3/c1-3-19-14(18)11-6-4-5-7-12(11)16-13(17)8-10(2)9-15/h4-7,10H,3,8-9,15H2,1-2H3,(H,16,17). The average Bonchev–Trinajstić information content (AvgIpc) is 2.39. The van der Waals surface area contributed by atoms with Crippen molar-refractivity contribution < 1.29 is 14.3 Å². The number of nitrogens with two attached hydrogens (primary N) is 1. The van der Waals surface area contributed by atoms with Gasteiger partial charge in [-0.1, -0.05) is 19.1 Å². The normalized spacial score (nSPS) is 11.7. The minimum Gasteiger partial charge on any atom is -0.462 e. The fourth-order valence-electron chi connectivity index (χ4n) is 1.58. The topological polar surface area (TPSA) is 81.4 Å². The lowest BCUT2D eigenvalue weighted by molar-refractivity contribution is -0.116. The number of carbonyl (C=O) groups excluding carboxylic acids is 2. The Morgan fingerprint density at radius 1 is 1.37 bits per heavy atom. The molecule has 0 saturated heterocycles. The van der Waals surface area contributed by atoms with Crippen molar-refractivity contribution in [1.29, 1.82) is 0 Å². The fraction of sp³-hybridized carbons (Fsp3) is 0.429. The van der Waals surface area contributed by atoms with Gasteiger partial charge >= 0.3 is 5.97 Å². The Kier molecular flexibility index (Phi) is 6.02. The van der Waals surface area contributed by atoms with Crippen molar-refractivity contribution in [3.8, 4) is 0 Å². The Bertz CT molecular complexity index is 446. The van der Waals surface area contributed by atoms with Crippen LogP contribution in [-0.4, -0.2) is 25.0 Å². The van der Waals surface area contributed by atoms with Crippen LogP contribution in [0.1, 0.15) is 30.6 Å². The van der Waals surface area contributed by atoms with Gasteiger partial charge < -0.3 is 15.8 Å². The van der Waals surface area contributed by atoms with Crippen LogP contribution in [0.25, 0.3) is 0 Å². The second-order valence-electron chi connectivity index (χ2n) is 4.36. The first kappa shape index (κ1) is 15.2. The maximum Gasteiger partial charge on any atom is 0.340 e. The summed E-state index contributed by atoms with van der Waals surface area (Å²) in [6, 6.07) is 6.78. The van der Waals surface area contributed by atoms with E-state index >= 15 is 0 Å². The predicted octanol–water partition coefficient (Wildman–Crippen LogP) is 1.79. The molecule has 0 aliphatic carbocycles. The maximum atomic E-state index is 11.8. The molecule has 0 heterocycles. The third-order valence-corrected chi connectivity index (χ3v) is 2.63. The first-order valence-corrected chi connectivity index (χ1v) is 6.34. The van der Waals surface area contributed by atoms with Crippen LogP contribution in [-0.2, 0) is 9.53 Å². The zero-order chi connectivity index (χ0) is 14.3. The number of amides is 1. The van der Waals surface area contributed by atoms with Gasteiger partial charge in [-0.2, -0.15) is 0 Å². The van der Waals surface area contributed by atoms with Crippen molar-refractivity contribution in [2.24, 2.45) is 11.7 Å². The molecule has 5 heteroatoms. The summed E-state index contributed by atoms with van der Waals surface area (Å²) >= 11 is 0. The highest BCUT2D eigenvalue weighted by molar-refractivity contribution is 6.01. The summed E-state index contributed by atoms with van der Waals surface area (Å²) in [6.45, 7) is 4.39. The Morgan fingerprint density at radius 3 is 2.68 bits per heavy atom. The van der Waals surface area contributed by atoms with Gasteiger partial charge in [0, 0.05) is 6.42 Å². The molecule has 0 aromatic heterocycles. The molecule has 3 N–H and O–H groups in total. The van der Waals surface area contributed by atoms with E-state index < -0.39 is 5.97 Å². The van der Waals surface area contributed by atoms with Gasteiger partial charge in [0.25, 0.3) is 0 Å². The van der Waals surface area contributed by atoms with E-state index in [1.54, 1.807) is 31.2 Å². The molecule has 1 atom stereocenters. The number of para-hydroxylation sites is 1. The number of hydrogen-bond acceptors (Lipinski definition) is 4. The summed E-state index contributed by atoms with van der Waals surface area (Å²) in [6.07, 6.45) is 0.327. The van der Waals surface area contributed by atoms with E-state index in [2.05, 4.69) is 5.32 Å². The summed E-state index contributed by atoms with van der Waals surface area (Å²) < 4.78 is 4.94. The second-order valence-corrected chi connectivity index (χ2v) is 4.36. The van der Waals surface area contributed by atoms with E-state index in [9.17, 15) is 9.59 Å². The van der Waals surface area contributed by atoms with Gasteiger partial charge in [0.1, 0.15) is 0 Å². The third kappa shape index (κ3) is 4.71. The molecule has 1 aromatic carbocycles. The summed E-state index contributed by atoms with van der Waals surface area (Å²) in [5.41, 5.74) is 6.30. The largest absolute Gasteiger partial charge is 0.462 e. The molecule has 1 rings (SSSR count). The molecule has 0 fully saturated rings. The monoisotopic (exact) mass is 264 g/mol. The zero-order valence-electron chi connectivity index (χ0n) is 11.3. The van der Waals surface area contributed by atoms with Gasteiger partial charge in [-0.05, 0) is 31.5 Å². The van der Waals surface area contributed by atoms with Crippen LogP contribution >= 0.6 is 0 Å². The number of ether oxygens (including phenoxy) is 1. The van der Waals surface area contributed by atoms with Crippen LogP contribution in [0, 0.1) is 5.92 Å². The molecule has 0 radical (unpaired) electrons. The molecule has 19 heavy (non-hydrogen) atoms. The first-order chi connectivity index (χ1) is 9.08. The SMILES string of the molecule is CCOC(=O)c1ccccc1NC(=O)CC(C)CN. The summed E-state index contributed by atoms with van der Waals surface area (Å²) in [5, 5.41) is 2.72. The van der Waals surface area contributed by atoms with Gasteiger partial charge in [-0.25, -0.2) is 4.79 Å². The number of esters is 1. The highest BCUT2D eigenvalue weighted by atomic mass is 16.5. The van der Waals surface area contributed by atoms with Crippen molar-refractivity contribution in [3.05, 3.63) is 29.8 Å². The fourth-order valence-corrected chi connectivity index (χ4v) is 1.58. The van der Waals surface area contributed by atoms with Gasteiger partial charge in [0.2, 0.25) is 5.91 Å². The van der Waals surface area contributed by atoms with Gasteiger partial charge in [-0.3, -0.25) is 4.79 Å². The Morgan fingerprint density at radius 2 is 2.05 bits per heavy atom. The summed E-state index contributed by atoms with van der Waals surface area (Å²) in [5.74, 6) is -0.491. The number of carbonyl (C=O) groups is 2. The Labute approximate surface area is 113 Å². The maximum absolute atomic E-state index is 11.8. The van der Waals surface area contributed by atoms with Crippen molar-refractivity contribution in [2.45, 2.75) is 20.3 Å². The highest BCUT2D eigenvalue weighted by Crippen LogP contribution is 2.17. The molecule has 1 amide bonds. The minimum absolute atomic E-state index is 0.106. The lowest BCUT2D eigenvalue weighted by Crippen LogP contribution is -2.21. The quantitative estimate of drug-likeness (QED) is 0.767. The van der Waals surface area contributed by atoms with Crippen molar-refractivity contribution in [1.82, 2.24) is 0 Å². The second kappa shape index (κ2) is 7.53. The molecule has 5 nitrogen and oxygen atoms in total. The summed E-state index contributed by atoms with van der Waals surface area (Å²) in [7, 11) is 0. The van der Waals surface area contributed by atoms with Crippen LogP contribution < -0.4 is 11.1 Å². The van der Waals surface area contributed by atoms with Crippen LogP contribution in [0.5, 0.6) is 0 Å². The summed E-state index contributed by atoms with van der Waals surface area (Å²) in [4.78, 5) is 23.5. The zero-order valence-corrected chi connectivity index (χ0v) is 11.3. The number of benzene rings is 1. The van der Waals surface area contributed by atoms with Gasteiger partial charge in [-0.15, -0.1) is 0 Å². The van der Waals surface area contributed by atoms with Crippen LogP contribution in [0.2, 0.25) is 0 Å². The number of rotatable bonds is 6. The molecular formula is C14H20N2O3. The van der Waals surface area contributed by atoms with E-state index in [0.29, 0.717) is 30.8 Å². The Balaban J connectivity index is 2.78. The first-order valence-electron chi connectivity index (χ1n) is 6.34. The minimum atomic E-state index is -0.440. The lowest BCUT2D eigenvalue weighted by atomic mass is 10.1. The molecule has 0 aliphatic rings. The Hall–Kier alpha value is -1.88.